The second-order valence-corrected chi connectivity index (χ2v) is 4.66. The van der Waals surface area contributed by atoms with Crippen molar-refractivity contribution in [3.63, 3.8) is 0 Å². The number of carbonyl (C=O) groups excluding carboxylic acids is 1. The van der Waals surface area contributed by atoms with Gasteiger partial charge in [-0.15, -0.1) is 0 Å². The van der Waals surface area contributed by atoms with Gasteiger partial charge in [-0.3, -0.25) is 4.79 Å². The summed E-state index contributed by atoms with van der Waals surface area (Å²) in [4.78, 5) is 21.9. The van der Waals surface area contributed by atoms with Gasteiger partial charge in [-0.05, 0) is 12.8 Å². The number of nitrogens with zero attached hydrogens (tertiary/aromatic N) is 3. The summed E-state index contributed by atoms with van der Waals surface area (Å²) in [6.07, 6.45) is 3.70. The summed E-state index contributed by atoms with van der Waals surface area (Å²) < 4.78 is 0. The molecule has 5 N–H and O–H groups in total. The lowest BCUT2D eigenvalue weighted by atomic mass is 10.3. The molecule has 0 aliphatic carbocycles. The molecular weight excluding hydrogens is 256 g/mol. The second kappa shape index (κ2) is 8.31. The lowest BCUT2D eigenvalue weighted by Gasteiger charge is -2.23. The number of aryl methyl sites for hydroxylation is 1. The number of nitrogen functional groups attached to an aromatic ring is 1. The number of nitrogens with two attached hydrogens (primary N) is 2. The van der Waals surface area contributed by atoms with Gasteiger partial charge in [0, 0.05) is 19.0 Å². The van der Waals surface area contributed by atoms with E-state index < -0.39 is 0 Å². The Morgan fingerprint density at radius 1 is 1.35 bits per heavy atom. The smallest absolute Gasteiger partial charge is 0.236 e. The van der Waals surface area contributed by atoms with Crippen molar-refractivity contribution in [3.8, 4) is 0 Å². The summed E-state index contributed by atoms with van der Waals surface area (Å²) in [6.45, 7) is 5.03. The SMILES string of the molecule is CCCCN(CC(N)=O)c1cc(NN)nc(CCC)n1. The minimum absolute atomic E-state index is 0.145. The van der Waals surface area contributed by atoms with Crippen molar-refractivity contribution in [2.24, 2.45) is 11.6 Å². The van der Waals surface area contributed by atoms with E-state index in [-0.39, 0.29) is 12.5 Å². The third-order valence-electron chi connectivity index (χ3n) is 2.83. The lowest BCUT2D eigenvalue weighted by molar-refractivity contribution is -0.116. The van der Waals surface area contributed by atoms with Crippen LogP contribution >= 0.6 is 0 Å². The number of nitrogens with one attached hydrogen (secondary N) is 1. The molecular formula is C13H24N6O. The first-order valence-corrected chi connectivity index (χ1v) is 6.98. The molecule has 7 nitrogen and oxygen atoms in total. The molecule has 0 saturated heterocycles. The van der Waals surface area contributed by atoms with Gasteiger partial charge in [0.2, 0.25) is 5.91 Å². The maximum Gasteiger partial charge on any atom is 0.236 e. The molecule has 0 radical (unpaired) electrons. The minimum Gasteiger partial charge on any atom is -0.368 e. The molecule has 1 aromatic heterocycles. The van der Waals surface area contributed by atoms with E-state index in [0.717, 1.165) is 32.2 Å². The van der Waals surface area contributed by atoms with Gasteiger partial charge in [0.05, 0.1) is 6.54 Å². The Kier molecular flexibility index (Phi) is 6.72. The Bertz CT molecular complexity index is 437. The summed E-state index contributed by atoms with van der Waals surface area (Å²) >= 11 is 0. The topological polar surface area (TPSA) is 110 Å². The van der Waals surface area contributed by atoms with E-state index >= 15 is 0 Å². The van der Waals surface area contributed by atoms with Crippen molar-refractivity contribution in [1.82, 2.24) is 9.97 Å². The van der Waals surface area contributed by atoms with E-state index in [0.29, 0.717) is 17.5 Å². The Hall–Kier alpha value is -1.89. The first kappa shape index (κ1) is 16.2. The molecule has 1 amide bonds. The molecule has 0 fully saturated rings. The van der Waals surface area contributed by atoms with Gasteiger partial charge in [-0.25, -0.2) is 15.8 Å². The highest BCUT2D eigenvalue weighted by molar-refractivity contribution is 5.79. The predicted octanol–water partition coefficient (Wildman–Crippen LogP) is 0.807. The highest BCUT2D eigenvalue weighted by atomic mass is 16.1. The number of hydrogen-bond acceptors (Lipinski definition) is 6. The first-order valence-electron chi connectivity index (χ1n) is 6.98. The zero-order chi connectivity index (χ0) is 15.0. The van der Waals surface area contributed by atoms with Gasteiger partial charge in [0.25, 0.3) is 0 Å². The molecule has 0 unspecified atom stereocenters. The van der Waals surface area contributed by atoms with Crippen LogP contribution in [0, 0.1) is 0 Å². The zero-order valence-corrected chi connectivity index (χ0v) is 12.2. The molecule has 112 valence electrons. The van der Waals surface area contributed by atoms with E-state index in [9.17, 15) is 4.79 Å². The molecule has 0 aliphatic heterocycles. The Morgan fingerprint density at radius 2 is 2.10 bits per heavy atom. The Morgan fingerprint density at radius 3 is 2.65 bits per heavy atom. The van der Waals surface area contributed by atoms with E-state index in [1.165, 1.54) is 0 Å². The highest BCUT2D eigenvalue weighted by Gasteiger charge is 2.13. The van der Waals surface area contributed by atoms with E-state index in [2.05, 4.69) is 29.2 Å². The average molecular weight is 280 g/mol. The molecule has 0 aromatic carbocycles. The standard InChI is InChI=1S/C13H24N6O/c1-3-5-7-19(9-10(14)20)13-8-12(18-15)16-11(17-13)6-4-2/h8H,3-7,9,15H2,1-2H3,(H2,14,20)(H,16,17,18). The maximum atomic E-state index is 11.2. The Labute approximate surface area is 119 Å². The van der Waals surface area contributed by atoms with Crippen molar-refractivity contribution in [2.45, 2.75) is 39.5 Å². The normalized spacial score (nSPS) is 10.3. The lowest BCUT2D eigenvalue weighted by Crippen LogP contribution is -2.35. The molecule has 7 heteroatoms. The van der Waals surface area contributed by atoms with Crippen LogP contribution < -0.4 is 21.9 Å². The molecule has 0 saturated carbocycles. The van der Waals surface area contributed by atoms with Gasteiger partial charge >= 0.3 is 0 Å². The number of rotatable bonds is 9. The van der Waals surface area contributed by atoms with Gasteiger partial charge < -0.3 is 16.1 Å². The fourth-order valence-corrected chi connectivity index (χ4v) is 1.87. The van der Waals surface area contributed by atoms with Crippen molar-refractivity contribution >= 4 is 17.5 Å². The number of carbonyl (C=O) groups is 1. The third kappa shape index (κ3) is 5.00. The second-order valence-electron chi connectivity index (χ2n) is 4.66. The molecule has 0 atom stereocenters. The minimum atomic E-state index is -0.376. The van der Waals surface area contributed by atoms with Crippen LogP contribution in [0.2, 0.25) is 0 Å². The molecule has 1 heterocycles. The monoisotopic (exact) mass is 280 g/mol. The quantitative estimate of drug-likeness (QED) is 0.456. The molecule has 0 bridgehead atoms. The molecule has 20 heavy (non-hydrogen) atoms. The average Bonchev–Trinajstić information content (AvgIpc) is 2.43. The summed E-state index contributed by atoms with van der Waals surface area (Å²) in [6, 6.07) is 1.73. The fraction of sp³-hybridized carbons (Fsp3) is 0.615. The largest absolute Gasteiger partial charge is 0.368 e. The maximum absolute atomic E-state index is 11.2. The first-order chi connectivity index (χ1) is 9.60. The van der Waals surface area contributed by atoms with Gasteiger partial charge in [0.15, 0.2) is 0 Å². The third-order valence-corrected chi connectivity index (χ3v) is 2.83. The van der Waals surface area contributed by atoms with Gasteiger partial charge in [-0.1, -0.05) is 20.3 Å². The van der Waals surface area contributed by atoms with E-state index in [1.807, 2.05) is 4.90 Å². The predicted molar refractivity (Wildman–Crippen MR) is 80.2 cm³/mol. The van der Waals surface area contributed by atoms with Crippen LogP contribution in [-0.2, 0) is 11.2 Å². The molecule has 0 spiro atoms. The number of hydrazine groups is 1. The van der Waals surface area contributed by atoms with Crippen LogP contribution in [0.1, 0.15) is 38.9 Å². The summed E-state index contributed by atoms with van der Waals surface area (Å²) in [5, 5.41) is 0. The number of aromatic nitrogens is 2. The summed E-state index contributed by atoms with van der Waals surface area (Å²) in [5.74, 6) is 7.00. The van der Waals surface area contributed by atoms with Crippen molar-refractivity contribution < 1.29 is 4.79 Å². The van der Waals surface area contributed by atoms with Crippen molar-refractivity contribution in [2.75, 3.05) is 23.4 Å². The van der Waals surface area contributed by atoms with Crippen molar-refractivity contribution in [3.05, 3.63) is 11.9 Å². The van der Waals surface area contributed by atoms with Gasteiger partial charge in [-0.2, -0.15) is 0 Å². The van der Waals surface area contributed by atoms with Crippen LogP contribution in [0.5, 0.6) is 0 Å². The van der Waals surface area contributed by atoms with Crippen LogP contribution in [0.4, 0.5) is 11.6 Å². The number of hydrogen-bond donors (Lipinski definition) is 3. The zero-order valence-electron chi connectivity index (χ0n) is 12.2. The Balaban J connectivity index is 3.02. The van der Waals surface area contributed by atoms with Gasteiger partial charge in [0.1, 0.15) is 17.5 Å². The molecule has 1 aromatic rings. The highest BCUT2D eigenvalue weighted by Crippen LogP contribution is 2.16. The number of anilines is 2. The van der Waals surface area contributed by atoms with E-state index in [1.54, 1.807) is 6.07 Å². The van der Waals surface area contributed by atoms with Crippen LogP contribution in [-0.4, -0.2) is 29.0 Å². The summed E-state index contributed by atoms with van der Waals surface area (Å²) in [5.41, 5.74) is 7.84. The fourth-order valence-electron chi connectivity index (χ4n) is 1.87. The molecule has 1 rings (SSSR count). The summed E-state index contributed by atoms with van der Waals surface area (Å²) in [7, 11) is 0. The molecule has 0 aliphatic rings. The van der Waals surface area contributed by atoms with E-state index in [4.69, 9.17) is 11.6 Å². The van der Waals surface area contributed by atoms with Crippen molar-refractivity contribution in [1.29, 1.82) is 0 Å². The van der Waals surface area contributed by atoms with Crippen LogP contribution in [0.25, 0.3) is 0 Å². The van der Waals surface area contributed by atoms with Crippen LogP contribution in [0.15, 0.2) is 6.07 Å². The number of primary amides is 1. The number of amides is 1. The van der Waals surface area contributed by atoms with Crippen LogP contribution in [0.3, 0.4) is 0 Å². The number of unbranched alkanes of at least 4 members (excludes halogenated alkanes) is 1.